The van der Waals surface area contributed by atoms with Crippen molar-refractivity contribution in [3.05, 3.63) is 15.9 Å². The van der Waals surface area contributed by atoms with Crippen molar-refractivity contribution < 1.29 is 0 Å². The number of nitrogens with two attached hydrogens (primary N) is 1. The van der Waals surface area contributed by atoms with Crippen molar-refractivity contribution in [3.8, 4) is 10.7 Å². The number of thiazole rings is 1. The number of rotatable bonds is 3. The summed E-state index contributed by atoms with van der Waals surface area (Å²) >= 11 is 3.12. The van der Waals surface area contributed by atoms with E-state index in [1.807, 2.05) is 5.38 Å². The minimum absolute atomic E-state index is 0.617. The molecule has 0 atom stereocenters. The first-order valence-corrected chi connectivity index (χ1v) is 5.57. The molecule has 0 aliphatic carbocycles. The van der Waals surface area contributed by atoms with Gasteiger partial charge in [-0.2, -0.15) is 0 Å². The maximum atomic E-state index is 5.41. The van der Waals surface area contributed by atoms with Gasteiger partial charge in [-0.05, 0) is 6.54 Å². The summed E-state index contributed by atoms with van der Waals surface area (Å²) in [6, 6.07) is 0. The lowest BCUT2D eigenvalue weighted by Crippen LogP contribution is -2.01. The molecule has 2 aromatic rings. The molecule has 13 heavy (non-hydrogen) atoms. The van der Waals surface area contributed by atoms with Gasteiger partial charge in [0.05, 0.1) is 5.51 Å². The van der Waals surface area contributed by atoms with Crippen molar-refractivity contribution >= 4 is 22.7 Å². The molecule has 0 aromatic carbocycles. The second-order valence-electron chi connectivity index (χ2n) is 2.41. The van der Waals surface area contributed by atoms with E-state index in [2.05, 4.69) is 15.2 Å². The molecule has 4 nitrogen and oxygen atoms in total. The molecule has 0 saturated carbocycles. The highest BCUT2D eigenvalue weighted by Gasteiger charge is 2.06. The van der Waals surface area contributed by atoms with Crippen LogP contribution in [0.2, 0.25) is 0 Å². The topological polar surface area (TPSA) is 64.7 Å². The molecule has 2 rings (SSSR count). The van der Waals surface area contributed by atoms with E-state index >= 15 is 0 Å². The van der Waals surface area contributed by atoms with Gasteiger partial charge < -0.3 is 5.73 Å². The summed E-state index contributed by atoms with van der Waals surface area (Å²) in [4.78, 5) is 4.16. The van der Waals surface area contributed by atoms with Gasteiger partial charge in [-0.15, -0.1) is 21.5 Å². The molecule has 0 spiro atoms. The third-order valence-corrected chi connectivity index (χ3v) is 3.07. The second-order valence-corrected chi connectivity index (χ2v) is 4.19. The Kier molecular flexibility index (Phi) is 2.62. The molecule has 6 heteroatoms. The first-order valence-electron chi connectivity index (χ1n) is 3.81. The molecular weight excluding hydrogens is 204 g/mol. The van der Waals surface area contributed by atoms with Gasteiger partial charge >= 0.3 is 0 Å². The molecule has 68 valence electrons. The Balaban J connectivity index is 2.23. The monoisotopic (exact) mass is 212 g/mol. The lowest BCUT2D eigenvalue weighted by atomic mass is 10.5. The van der Waals surface area contributed by atoms with Crippen LogP contribution in [0.3, 0.4) is 0 Å². The summed E-state index contributed by atoms with van der Waals surface area (Å²) < 4.78 is 0. The van der Waals surface area contributed by atoms with E-state index in [4.69, 9.17) is 5.73 Å². The zero-order valence-electron chi connectivity index (χ0n) is 6.80. The zero-order valence-corrected chi connectivity index (χ0v) is 8.44. The third kappa shape index (κ3) is 1.90. The number of aromatic nitrogens is 3. The summed E-state index contributed by atoms with van der Waals surface area (Å²) in [5.41, 5.74) is 8.11. The van der Waals surface area contributed by atoms with Gasteiger partial charge in [-0.1, -0.05) is 11.3 Å². The van der Waals surface area contributed by atoms with Gasteiger partial charge in [0, 0.05) is 11.8 Å². The molecular formula is C7H8N4S2. The Bertz CT molecular complexity index is 368. The van der Waals surface area contributed by atoms with E-state index in [1.54, 1.807) is 28.2 Å². The Hall–Kier alpha value is -0.850. The van der Waals surface area contributed by atoms with Crippen LogP contribution in [-0.4, -0.2) is 21.7 Å². The fraction of sp³-hybridized carbons (Fsp3) is 0.286. The maximum Gasteiger partial charge on any atom is 0.167 e. The molecule has 2 aromatic heterocycles. The predicted octanol–water partition coefficient (Wildman–Crippen LogP) is 1.16. The summed E-state index contributed by atoms with van der Waals surface area (Å²) in [6.45, 7) is 0.617. The molecule has 0 aliphatic heterocycles. The average molecular weight is 212 g/mol. The maximum absolute atomic E-state index is 5.41. The lowest BCUT2D eigenvalue weighted by Gasteiger charge is -1.85. The van der Waals surface area contributed by atoms with Crippen LogP contribution in [0.5, 0.6) is 0 Å². The van der Waals surface area contributed by atoms with Crippen molar-refractivity contribution in [2.24, 2.45) is 5.73 Å². The van der Waals surface area contributed by atoms with Gasteiger partial charge in [0.15, 0.2) is 5.01 Å². The number of hydrogen-bond donors (Lipinski definition) is 1. The largest absolute Gasteiger partial charge is 0.330 e. The van der Waals surface area contributed by atoms with E-state index < -0.39 is 0 Å². The summed E-state index contributed by atoms with van der Waals surface area (Å²) in [6.07, 6.45) is 0.793. The van der Waals surface area contributed by atoms with E-state index in [-0.39, 0.29) is 0 Å². The number of hydrogen-bond acceptors (Lipinski definition) is 6. The Morgan fingerprint density at radius 3 is 3.00 bits per heavy atom. The minimum atomic E-state index is 0.617. The highest BCUT2D eigenvalue weighted by atomic mass is 32.1. The normalized spacial score (nSPS) is 10.5. The standard InChI is InChI=1S/C7H8N4S2/c8-2-1-6-10-11-7(13-6)5-3-12-4-9-5/h3-4H,1-2,8H2. The van der Waals surface area contributed by atoms with Crippen molar-refractivity contribution in [1.29, 1.82) is 0 Å². The fourth-order valence-corrected chi connectivity index (χ4v) is 2.33. The van der Waals surface area contributed by atoms with Crippen LogP contribution in [0, 0.1) is 0 Å². The van der Waals surface area contributed by atoms with Crippen LogP contribution in [0.15, 0.2) is 10.9 Å². The van der Waals surface area contributed by atoms with Crippen LogP contribution in [0.4, 0.5) is 0 Å². The highest BCUT2D eigenvalue weighted by molar-refractivity contribution is 7.15. The molecule has 2 heterocycles. The Morgan fingerprint density at radius 2 is 2.31 bits per heavy atom. The smallest absolute Gasteiger partial charge is 0.167 e. The molecule has 0 amide bonds. The first-order chi connectivity index (χ1) is 6.40. The molecule has 0 saturated heterocycles. The predicted molar refractivity (Wildman–Crippen MR) is 53.8 cm³/mol. The average Bonchev–Trinajstić information content (AvgIpc) is 2.70. The van der Waals surface area contributed by atoms with Crippen LogP contribution >= 0.6 is 22.7 Å². The molecule has 2 N–H and O–H groups in total. The Morgan fingerprint density at radius 1 is 1.38 bits per heavy atom. The SMILES string of the molecule is NCCc1nnc(-c2cscn2)s1. The molecule has 0 aliphatic rings. The Labute approximate surface area is 83.5 Å². The van der Waals surface area contributed by atoms with Gasteiger partial charge in [0.25, 0.3) is 0 Å². The zero-order chi connectivity index (χ0) is 9.10. The molecule has 0 unspecified atom stereocenters. The van der Waals surface area contributed by atoms with Gasteiger partial charge in [-0.3, -0.25) is 0 Å². The van der Waals surface area contributed by atoms with Crippen LogP contribution in [-0.2, 0) is 6.42 Å². The highest BCUT2D eigenvalue weighted by Crippen LogP contribution is 2.22. The van der Waals surface area contributed by atoms with Gasteiger partial charge in [0.1, 0.15) is 10.7 Å². The summed E-state index contributed by atoms with van der Waals surface area (Å²) in [7, 11) is 0. The van der Waals surface area contributed by atoms with E-state index in [9.17, 15) is 0 Å². The van der Waals surface area contributed by atoms with Gasteiger partial charge in [-0.25, -0.2) is 4.98 Å². The van der Waals surface area contributed by atoms with E-state index in [0.29, 0.717) is 6.54 Å². The molecule has 0 radical (unpaired) electrons. The summed E-state index contributed by atoms with van der Waals surface area (Å²) in [5.74, 6) is 0. The van der Waals surface area contributed by atoms with E-state index in [1.165, 1.54) is 0 Å². The first kappa shape index (κ1) is 8.74. The minimum Gasteiger partial charge on any atom is -0.330 e. The summed E-state index contributed by atoms with van der Waals surface area (Å²) in [5, 5.41) is 11.9. The molecule has 0 fully saturated rings. The van der Waals surface area contributed by atoms with Crippen LogP contribution in [0.1, 0.15) is 5.01 Å². The van der Waals surface area contributed by atoms with Gasteiger partial charge in [0.2, 0.25) is 0 Å². The molecule has 0 bridgehead atoms. The van der Waals surface area contributed by atoms with Crippen molar-refractivity contribution in [1.82, 2.24) is 15.2 Å². The van der Waals surface area contributed by atoms with Crippen molar-refractivity contribution in [2.75, 3.05) is 6.54 Å². The lowest BCUT2D eigenvalue weighted by molar-refractivity contribution is 0.913. The van der Waals surface area contributed by atoms with E-state index in [0.717, 1.165) is 22.1 Å². The van der Waals surface area contributed by atoms with Crippen molar-refractivity contribution in [3.63, 3.8) is 0 Å². The fourth-order valence-electron chi connectivity index (χ4n) is 0.900. The quantitative estimate of drug-likeness (QED) is 0.829. The van der Waals surface area contributed by atoms with Crippen LogP contribution < -0.4 is 5.73 Å². The number of nitrogens with zero attached hydrogens (tertiary/aromatic N) is 3. The second kappa shape index (κ2) is 3.91. The third-order valence-electron chi connectivity index (χ3n) is 1.48. The van der Waals surface area contributed by atoms with Crippen molar-refractivity contribution in [2.45, 2.75) is 6.42 Å². The van der Waals surface area contributed by atoms with Crippen LogP contribution in [0.25, 0.3) is 10.7 Å².